The summed E-state index contributed by atoms with van der Waals surface area (Å²) in [6.45, 7) is 5.08. The molecule has 1 heterocycles. The van der Waals surface area contributed by atoms with Crippen molar-refractivity contribution in [2.24, 2.45) is 0 Å². The van der Waals surface area contributed by atoms with Crippen LogP contribution >= 0.6 is 0 Å². The maximum atomic E-state index is 12.8. The van der Waals surface area contributed by atoms with Gasteiger partial charge < -0.3 is 4.90 Å². The zero-order valence-electron chi connectivity index (χ0n) is 9.18. The highest BCUT2D eigenvalue weighted by Crippen LogP contribution is 2.25. The molecule has 0 spiro atoms. The molecule has 1 aliphatic rings. The Balaban J connectivity index is 0.000000461. The average molecular weight is 195 g/mol. The summed E-state index contributed by atoms with van der Waals surface area (Å²) >= 11 is 0. The SMILES string of the molecule is CC.CN1CCCc2cc(F)ccc21. The number of nitrogens with zero attached hydrogens (tertiary/aromatic N) is 1. The topological polar surface area (TPSA) is 3.24 Å². The standard InChI is InChI=1S/C10H12FN.C2H6/c1-12-6-2-3-8-7-9(11)4-5-10(8)12;1-2/h4-5,7H,2-3,6H2,1H3;1-2H3. The summed E-state index contributed by atoms with van der Waals surface area (Å²) in [7, 11) is 2.05. The van der Waals surface area contributed by atoms with Gasteiger partial charge >= 0.3 is 0 Å². The summed E-state index contributed by atoms with van der Waals surface area (Å²) in [6.07, 6.45) is 2.14. The molecule has 0 unspecified atom stereocenters. The smallest absolute Gasteiger partial charge is 0.123 e. The van der Waals surface area contributed by atoms with Crippen molar-refractivity contribution in [2.45, 2.75) is 26.7 Å². The second-order valence-electron chi connectivity index (χ2n) is 3.30. The Bertz CT molecular complexity index is 296. The molecule has 1 nitrogen and oxygen atoms in total. The molecule has 0 fully saturated rings. The predicted octanol–water partition coefficient (Wildman–Crippen LogP) is 3.23. The van der Waals surface area contributed by atoms with Gasteiger partial charge in [-0.15, -0.1) is 0 Å². The van der Waals surface area contributed by atoms with Crippen LogP contribution < -0.4 is 4.90 Å². The van der Waals surface area contributed by atoms with Crippen LogP contribution in [0.1, 0.15) is 25.8 Å². The van der Waals surface area contributed by atoms with E-state index >= 15 is 0 Å². The number of hydrogen-bond acceptors (Lipinski definition) is 1. The van der Waals surface area contributed by atoms with Crippen LogP contribution in [0.2, 0.25) is 0 Å². The zero-order valence-corrected chi connectivity index (χ0v) is 9.18. The molecular formula is C12H18FN. The largest absolute Gasteiger partial charge is 0.374 e. The lowest BCUT2D eigenvalue weighted by Crippen LogP contribution is -2.24. The van der Waals surface area contributed by atoms with Gasteiger partial charge in [0.1, 0.15) is 5.82 Å². The van der Waals surface area contributed by atoms with E-state index in [9.17, 15) is 4.39 Å². The Morgan fingerprint density at radius 3 is 2.71 bits per heavy atom. The van der Waals surface area contributed by atoms with Crippen molar-refractivity contribution < 1.29 is 4.39 Å². The summed E-state index contributed by atoms with van der Waals surface area (Å²) in [5.74, 6) is -0.121. The van der Waals surface area contributed by atoms with Crippen molar-refractivity contribution in [1.29, 1.82) is 0 Å². The van der Waals surface area contributed by atoms with E-state index in [4.69, 9.17) is 0 Å². The summed E-state index contributed by atoms with van der Waals surface area (Å²) < 4.78 is 12.8. The molecule has 0 radical (unpaired) electrons. The van der Waals surface area contributed by atoms with Gasteiger partial charge in [-0.25, -0.2) is 4.39 Å². The lowest BCUT2D eigenvalue weighted by Gasteiger charge is -2.27. The monoisotopic (exact) mass is 195 g/mol. The predicted molar refractivity (Wildman–Crippen MR) is 59.3 cm³/mol. The third-order valence-corrected chi connectivity index (χ3v) is 2.39. The fraction of sp³-hybridized carbons (Fsp3) is 0.500. The molecule has 1 aromatic carbocycles. The van der Waals surface area contributed by atoms with Gasteiger partial charge in [0.05, 0.1) is 0 Å². The minimum atomic E-state index is -0.121. The molecule has 0 amide bonds. The Morgan fingerprint density at radius 2 is 2.00 bits per heavy atom. The van der Waals surface area contributed by atoms with Crippen molar-refractivity contribution in [2.75, 3.05) is 18.5 Å². The van der Waals surface area contributed by atoms with Crippen molar-refractivity contribution in [3.05, 3.63) is 29.6 Å². The molecule has 0 N–H and O–H groups in total. The van der Waals surface area contributed by atoms with Crippen LogP contribution in [0.25, 0.3) is 0 Å². The van der Waals surface area contributed by atoms with Crippen LogP contribution in [0.3, 0.4) is 0 Å². The lowest BCUT2D eigenvalue weighted by atomic mass is 10.0. The highest BCUT2D eigenvalue weighted by molar-refractivity contribution is 5.54. The van der Waals surface area contributed by atoms with Gasteiger partial charge in [0, 0.05) is 19.3 Å². The van der Waals surface area contributed by atoms with Crippen LogP contribution in [0.5, 0.6) is 0 Å². The summed E-state index contributed by atoms with van der Waals surface area (Å²) in [4.78, 5) is 2.18. The van der Waals surface area contributed by atoms with E-state index < -0.39 is 0 Å². The minimum absolute atomic E-state index is 0.121. The van der Waals surface area contributed by atoms with Crippen LogP contribution in [0.15, 0.2) is 18.2 Å². The fourth-order valence-electron chi connectivity index (χ4n) is 1.75. The van der Waals surface area contributed by atoms with Crippen molar-refractivity contribution in [3.63, 3.8) is 0 Å². The number of benzene rings is 1. The summed E-state index contributed by atoms with van der Waals surface area (Å²) in [6, 6.07) is 5.04. The highest BCUT2D eigenvalue weighted by Gasteiger charge is 2.13. The Labute approximate surface area is 85.5 Å². The summed E-state index contributed by atoms with van der Waals surface area (Å²) in [5, 5.41) is 0. The Morgan fingerprint density at radius 1 is 1.29 bits per heavy atom. The van der Waals surface area contributed by atoms with Gasteiger partial charge in [-0.2, -0.15) is 0 Å². The maximum Gasteiger partial charge on any atom is 0.123 e. The van der Waals surface area contributed by atoms with Gasteiger partial charge in [0.15, 0.2) is 0 Å². The van der Waals surface area contributed by atoms with E-state index in [0.29, 0.717) is 0 Å². The molecule has 0 aromatic heterocycles. The lowest BCUT2D eigenvalue weighted by molar-refractivity contribution is 0.621. The van der Waals surface area contributed by atoms with Crippen LogP contribution in [0, 0.1) is 5.82 Å². The molecular weight excluding hydrogens is 177 g/mol. The molecule has 0 saturated heterocycles. The van der Waals surface area contributed by atoms with Crippen molar-refractivity contribution in [1.82, 2.24) is 0 Å². The fourth-order valence-corrected chi connectivity index (χ4v) is 1.75. The summed E-state index contributed by atoms with van der Waals surface area (Å²) in [5.41, 5.74) is 2.33. The normalized spacial score (nSPS) is 14.1. The van der Waals surface area contributed by atoms with E-state index in [2.05, 4.69) is 11.9 Å². The Kier molecular flexibility index (Phi) is 3.93. The van der Waals surface area contributed by atoms with Gasteiger partial charge in [0.25, 0.3) is 0 Å². The Hall–Kier alpha value is -1.05. The first kappa shape index (κ1) is 11.0. The van der Waals surface area contributed by atoms with E-state index in [-0.39, 0.29) is 5.82 Å². The van der Waals surface area contributed by atoms with Gasteiger partial charge in [-0.3, -0.25) is 0 Å². The second-order valence-corrected chi connectivity index (χ2v) is 3.30. The molecule has 78 valence electrons. The number of fused-ring (bicyclic) bond motifs is 1. The van der Waals surface area contributed by atoms with Crippen LogP contribution in [-0.4, -0.2) is 13.6 Å². The molecule has 14 heavy (non-hydrogen) atoms. The number of halogens is 1. The zero-order chi connectivity index (χ0) is 10.6. The molecule has 2 rings (SSSR count). The third-order valence-electron chi connectivity index (χ3n) is 2.39. The molecule has 2 heteroatoms. The van der Waals surface area contributed by atoms with Gasteiger partial charge in [-0.05, 0) is 36.6 Å². The first-order valence-corrected chi connectivity index (χ1v) is 5.27. The average Bonchev–Trinajstić information content (AvgIpc) is 2.21. The molecule has 0 atom stereocenters. The van der Waals surface area contributed by atoms with Gasteiger partial charge in [-0.1, -0.05) is 13.8 Å². The van der Waals surface area contributed by atoms with Crippen molar-refractivity contribution in [3.8, 4) is 0 Å². The number of rotatable bonds is 0. The van der Waals surface area contributed by atoms with Crippen LogP contribution in [0.4, 0.5) is 10.1 Å². The van der Waals surface area contributed by atoms with E-state index in [1.54, 1.807) is 6.07 Å². The number of aryl methyl sites for hydroxylation is 1. The second kappa shape index (κ2) is 4.99. The highest BCUT2D eigenvalue weighted by atomic mass is 19.1. The van der Waals surface area contributed by atoms with E-state index in [1.165, 1.54) is 11.8 Å². The molecule has 1 aromatic rings. The van der Waals surface area contributed by atoms with Crippen LogP contribution in [-0.2, 0) is 6.42 Å². The third kappa shape index (κ3) is 2.25. The maximum absolute atomic E-state index is 12.8. The number of anilines is 1. The molecule has 0 saturated carbocycles. The van der Waals surface area contributed by atoms with Gasteiger partial charge in [0.2, 0.25) is 0 Å². The van der Waals surface area contributed by atoms with Crippen molar-refractivity contribution >= 4 is 5.69 Å². The molecule has 0 aliphatic carbocycles. The quantitative estimate of drug-likeness (QED) is 0.614. The number of hydrogen-bond donors (Lipinski definition) is 0. The molecule has 1 aliphatic heterocycles. The first-order chi connectivity index (χ1) is 6.77. The first-order valence-electron chi connectivity index (χ1n) is 5.27. The van der Waals surface area contributed by atoms with E-state index in [0.717, 1.165) is 24.9 Å². The van der Waals surface area contributed by atoms with E-state index in [1.807, 2.05) is 19.9 Å². The minimum Gasteiger partial charge on any atom is -0.374 e. The molecule has 0 bridgehead atoms.